The van der Waals surface area contributed by atoms with Crippen molar-refractivity contribution >= 4 is 11.7 Å². The smallest absolute Gasteiger partial charge is 0.320 e. The lowest BCUT2D eigenvalue weighted by atomic mass is 10.1. The third kappa shape index (κ3) is 4.59. The van der Waals surface area contributed by atoms with Crippen LogP contribution in [0.25, 0.3) is 0 Å². The maximum atomic E-state index is 10.7. The lowest BCUT2D eigenvalue weighted by molar-refractivity contribution is -0.138. The van der Waals surface area contributed by atoms with Gasteiger partial charge in [-0.1, -0.05) is 6.92 Å². The Balaban J connectivity index is 2.80. The first-order valence-corrected chi connectivity index (χ1v) is 6.09. The van der Waals surface area contributed by atoms with Crippen molar-refractivity contribution in [3.8, 4) is 0 Å². The molecule has 0 aliphatic carbocycles. The molecule has 0 aromatic carbocycles. The summed E-state index contributed by atoms with van der Waals surface area (Å²) >= 11 is 0. The molecule has 1 aromatic rings. The van der Waals surface area contributed by atoms with Crippen LogP contribution in [0.1, 0.15) is 26.0 Å². The first-order valence-electron chi connectivity index (χ1n) is 6.09. The number of allylic oxidation sites excluding steroid dienone is 1. The van der Waals surface area contributed by atoms with E-state index in [1.54, 1.807) is 18.3 Å². The minimum absolute atomic E-state index is 0.182. The number of carbonyl (C=O) groups is 1. The predicted molar refractivity (Wildman–Crippen MR) is 74.4 cm³/mol. The number of nitrogens with one attached hydrogen (secondary N) is 1. The number of pyridine rings is 1. The Morgan fingerprint density at radius 1 is 1.58 bits per heavy atom. The fourth-order valence-corrected chi connectivity index (χ4v) is 1.43. The molecule has 104 valence electrons. The summed E-state index contributed by atoms with van der Waals surface area (Å²) in [6, 6.07) is 2.57. The van der Waals surface area contributed by atoms with E-state index < -0.39 is 12.0 Å². The van der Waals surface area contributed by atoms with Crippen molar-refractivity contribution < 1.29 is 9.90 Å². The molecule has 0 saturated carbocycles. The molecule has 0 saturated heterocycles. The number of nitrogens with zero attached hydrogens (tertiary/aromatic N) is 1. The largest absolute Gasteiger partial charge is 0.480 e. The molecule has 0 spiro atoms. The highest BCUT2D eigenvalue weighted by Gasteiger charge is 2.13. The Labute approximate surface area is 112 Å². The summed E-state index contributed by atoms with van der Waals surface area (Å²) in [5.74, 6) is -0.441. The van der Waals surface area contributed by atoms with Gasteiger partial charge in [-0.15, -0.1) is 0 Å². The highest BCUT2D eigenvalue weighted by molar-refractivity contribution is 5.73. The number of hydrogen-bond acceptors (Lipinski definition) is 5. The Kier molecular flexibility index (Phi) is 5.32. The maximum absolute atomic E-state index is 10.7. The van der Waals surface area contributed by atoms with Crippen LogP contribution in [0.3, 0.4) is 0 Å². The van der Waals surface area contributed by atoms with Gasteiger partial charge < -0.3 is 21.9 Å². The number of aromatic nitrogens is 1. The molecular weight excluding hydrogens is 244 g/mol. The Hall–Kier alpha value is -2.08. The molecule has 0 fully saturated rings. The van der Waals surface area contributed by atoms with Gasteiger partial charge in [-0.25, -0.2) is 0 Å². The molecule has 1 heterocycles. The van der Waals surface area contributed by atoms with Gasteiger partial charge in [0.05, 0.1) is 5.82 Å². The molecule has 6 heteroatoms. The summed E-state index contributed by atoms with van der Waals surface area (Å²) < 4.78 is 0. The van der Waals surface area contributed by atoms with Crippen molar-refractivity contribution in [2.75, 3.05) is 5.32 Å². The number of anilines is 1. The summed E-state index contributed by atoms with van der Waals surface area (Å²) in [7, 11) is 0. The number of rotatable bonds is 6. The van der Waals surface area contributed by atoms with Gasteiger partial charge in [0.15, 0.2) is 0 Å². The van der Waals surface area contributed by atoms with E-state index in [-0.39, 0.29) is 6.42 Å². The zero-order valence-electron chi connectivity index (χ0n) is 11.2. The summed E-state index contributed by atoms with van der Waals surface area (Å²) in [6.07, 6.45) is 2.64. The summed E-state index contributed by atoms with van der Waals surface area (Å²) in [5.41, 5.74) is 13.8. The van der Waals surface area contributed by atoms with E-state index in [0.29, 0.717) is 11.5 Å². The highest BCUT2D eigenvalue weighted by atomic mass is 16.4. The Bertz CT molecular complexity index is 485. The van der Waals surface area contributed by atoms with E-state index in [4.69, 9.17) is 16.6 Å². The van der Waals surface area contributed by atoms with Crippen LogP contribution in [0, 0.1) is 0 Å². The summed E-state index contributed by atoms with van der Waals surface area (Å²) in [5, 5.41) is 11.8. The van der Waals surface area contributed by atoms with Gasteiger partial charge in [0.1, 0.15) is 6.04 Å². The molecule has 1 rings (SSSR count). The third-order valence-corrected chi connectivity index (χ3v) is 2.83. The minimum Gasteiger partial charge on any atom is -0.480 e. The van der Waals surface area contributed by atoms with Gasteiger partial charge in [0.25, 0.3) is 0 Å². The SMILES string of the molecule is CC/C(C)=C(\N)Nc1ccnc(CC(N)C(=O)O)c1. The Morgan fingerprint density at radius 2 is 2.26 bits per heavy atom. The average Bonchev–Trinajstić information content (AvgIpc) is 2.37. The topological polar surface area (TPSA) is 114 Å². The molecular formula is C13H20N4O2. The molecule has 1 unspecified atom stereocenters. The molecule has 0 bridgehead atoms. The van der Waals surface area contributed by atoms with Gasteiger partial charge in [0.2, 0.25) is 0 Å². The van der Waals surface area contributed by atoms with Crippen LogP contribution >= 0.6 is 0 Å². The second-order valence-electron chi connectivity index (χ2n) is 4.36. The molecule has 0 amide bonds. The van der Waals surface area contributed by atoms with Crippen molar-refractivity contribution in [1.29, 1.82) is 0 Å². The standard InChI is InChI=1S/C13H20N4O2/c1-3-8(2)12(15)17-9-4-5-16-10(6-9)7-11(14)13(18)19/h4-6,11H,3,7,14-15H2,1-2H3,(H,16,17)(H,18,19)/b12-8+. The average molecular weight is 264 g/mol. The van der Waals surface area contributed by atoms with Crippen molar-refractivity contribution in [3.05, 3.63) is 35.4 Å². The van der Waals surface area contributed by atoms with Crippen molar-refractivity contribution in [3.63, 3.8) is 0 Å². The van der Waals surface area contributed by atoms with E-state index in [1.807, 2.05) is 13.8 Å². The molecule has 6 N–H and O–H groups in total. The van der Waals surface area contributed by atoms with Crippen molar-refractivity contribution in [2.45, 2.75) is 32.7 Å². The van der Waals surface area contributed by atoms with E-state index in [0.717, 1.165) is 17.7 Å². The lowest BCUT2D eigenvalue weighted by Gasteiger charge is -2.11. The van der Waals surface area contributed by atoms with Crippen molar-refractivity contribution in [2.24, 2.45) is 11.5 Å². The fraction of sp³-hybridized carbons (Fsp3) is 0.385. The van der Waals surface area contributed by atoms with Crippen LogP contribution in [-0.4, -0.2) is 22.1 Å². The monoisotopic (exact) mass is 264 g/mol. The third-order valence-electron chi connectivity index (χ3n) is 2.83. The summed E-state index contributed by atoms with van der Waals surface area (Å²) in [6.45, 7) is 3.97. The van der Waals surface area contributed by atoms with E-state index in [2.05, 4.69) is 10.3 Å². The van der Waals surface area contributed by atoms with Gasteiger partial charge in [-0.2, -0.15) is 0 Å². The van der Waals surface area contributed by atoms with E-state index in [9.17, 15) is 4.79 Å². The number of carboxylic acids is 1. The first-order chi connectivity index (χ1) is 8.93. The quantitative estimate of drug-likeness (QED) is 0.610. The van der Waals surface area contributed by atoms with E-state index >= 15 is 0 Å². The maximum Gasteiger partial charge on any atom is 0.320 e. The molecule has 0 aliphatic rings. The first kappa shape index (κ1) is 15.0. The van der Waals surface area contributed by atoms with Gasteiger partial charge >= 0.3 is 5.97 Å². The molecule has 6 nitrogen and oxygen atoms in total. The lowest BCUT2D eigenvalue weighted by Crippen LogP contribution is -2.32. The number of hydrogen-bond donors (Lipinski definition) is 4. The van der Waals surface area contributed by atoms with Gasteiger partial charge in [-0.05, 0) is 31.1 Å². The summed E-state index contributed by atoms with van der Waals surface area (Å²) in [4.78, 5) is 14.8. The zero-order chi connectivity index (χ0) is 14.4. The molecule has 0 radical (unpaired) electrons. The number of carboxylic acid groups (broad SMARTS) is 1. The molecule has 1 atom stereocenters. The molecule has 1 aromatic heterocycles. The van der Waals surface area contributed by atoms with Gasteiger partial charge in [0, 0.05) is 24.0 Å². The fourth-order valence-electron chi connectivity index (χ4n) is 1.43. The second kappa shape index (κ2) is 6.75. The van der Waals surface area contributed by atoms with E-state index in [1.165, 1.54) is 0 Å². The normalized spacial score (nSPS) is 13.6. The van der Waals surface area contributed by atoms with Crippen LogP contribution in [0.15, 0.2) is 29.7 Å². The molecule has 19 heavy (non-hydrogen) atoms. The van der Waals surface area contributed by atoms with Crippen LogP contribution in [-0.2, 0) is 11.2 Å². The van der Waals surface area contributed by atoms with Crippen LogP contribution < -0.4 is 16.8 Å². The van der Waals surface area contributed by atoms with Crippen LogP contribution in [0.2, 0.25) is 0 Å². The van der Waals surface area contributed by atoms with Crippen molar-refractivity contribution in [1.82, 2.24) is 4.98 Å². The minimum atomic E-state index is -1.04. The van der Waals surface area contributed by atoms with Gasteiger partial charge in [-0.3, -0.25) is 9.78 Å². The van der Waals surface area contributed by atoms with Crippen LogP contribution in [0.4, 0.5) is 5.69 Å². The second-order valence-corrected chi connectivity index (χ2v) is 4.36. The highest BCUT2D eigenvalue weighted by Crippen LogP contribution is 2.13. The van der Waals surface area contributed by atoms with Crippen LogP contribution in [0.5, 0.6) is 0 Å². The number of nitrogens with two attached hydrogens (primary N) is 2. The predicted octanol–water partition coefficient (Wildman–Crippen LogP) is 1.05. The Morgan fingerprint density at radius 3 is 2.84 bits per heavy atom. The number of aliphatic carboxylic acids is 1. The zero-order valence-corrected chi connectivity index (χ0v) is 11.2. The molecule has 0 aliphatic heterocycles.